The van der Waals surface area contributed by atoms with Gasteiger partial charge < -0.3 is 10.2 Å². The number of likely N-dealkylation sites (tertiary alicyclic amines) is 1. The number of primary amides is 1. The van der Waals surface area contributed by atoms with Crippen LogP contribution in [0.2, 0.25) is 0 Å². The van der Waals surface area contributed by atoms with E-state index in [2.05, 4.69) is 11.0 Å². The Hall–Kier alpha value is -2.14. The SMILES string of the molecule is Cc1cc2oc(=O)cc(CN3CCC[C@@H](C(N)=O)C3)c2cc1C. The molecule has 1 saturated heterocycles. The van der Waals surface area contributed by atoms with Crippen molar-refractivity contribution in [1.29, 1.82) is 0 Å². The number of hydrogen-bond acceptors (Lipinski definition) is 4. The van der Waals surface area contributed by atoms with E-state index in [1.165, 1.54) is 5.56 Å². The van der Waals surface area contributed by atoms with E-state index in [0.717, 1.165) is 35.9 Å². The summed E-state index contributed by atoms with van der Waals surface area (Å²) in [6, 6.07) is 5.54. The van der Waals surface area contributed by atoms with Gasteiger partial charge in [0.1, 0.15) is 5.58 Å². The monoisotopic (exact) mass is 314 g/mol. The second-order valence-electron chi connectivity index (χ2n) is 6.50. The van der Waals surface area contributed by atoms with Crippen molar-refractivity contribution in [3.05, 3.63) is 45.3 Å². The molecule has 1 fully saturated rings. The van der Waals surface area contributed by atoms with Crippen molar-refractivity contribution in [2.45, 2.75) is 33.2 Å². The van der Waals surface area contributed by atoms with Crippen LogP contribution in [0.4, 0.5) is 0 Å². The Bertz CT molecular complexity index is 810. The zero-order chi connectivity index (χ0) is 16.6. The molecule has 2 aromatic rings. The molecule has 0 unspecified atom stereocenters. The summed E-state index contributed by atoms with van der Waals surface area (Å²) in [7, 11) is 0. The first-order chi connectivity index (χ1) is 10.9. The zero-order valence-electron chi connectivity index (χ0n) is 13.6. The number of aryl methyl sites for hydroxylation is 2. The summed E-state index contributed by atoms with van der Waals surface area (Å²) in [4.78, 5) is 25.5. The molecule has 1 aliphatic rings. The summed E-state index contributed by atoms with van der Waals surface area (Å²) >= 11 is 0. The third-order valence-corrected chi connectivity index (χ3v) is 4.75. The highest BCUT2D eigenvalue weighted by molar-refractivity contribution is 5.82. The lowest BCUT2D eigenvalue weighted by atomic mass is 9.96. The molecule has 2 heterocycles. The molecule has 5 nitrogen and oxygen atoms in total. The Morgan fingerprint density at radius 3 is 2.78 bits per heavy atom. The second kappa shape index (κ2) is 6.16. The van der Waals surface area contributed by atoms with Crippen LogP contribution < -0.4 is 11.4 Å². The van der Waals surface area contributed by atoms with Gasteiger partial charge in [0.2, 0.25) is 5.91 Å². The average molecular weight is 314 g/mol. The summed E-state index contributed by atoms with van der Waals surface area (Å²) in [5, 5.41) is 0.967. The highest BCUT2D eigenvalue weighted by Crippen LogP contribution is 2.24. The molecule has 1 amide bonds. The largest absolute Gasteiger partial charge is 0.423 e. The van der Waals surface area contributed by atoms with Crippen molar-refractivity contribution < 1.29 is 9.21 Å². The van der Waals surface area contributed by atoms with E-state index in [1.807, 2.05) is 19.9 Å². The van der Waals surface area contributed by atoms with E-state index in [4.69, 9.17) is 10.2 Å². The van der Waals surface area contributed by atoms with Gasteiger partial charge in [0, 0.05) is 24.5 Å². The van der Waals surface area contributed by atoms with E-state index in [1.54, 1.807) is 6.07 Å². The average Bonchev–Trinajstić information content (AvgIpc) is 2.49. The fraction of sp³-hybridized carbons (Fsp3) is 0.444. The maximum absolute atomic E-state index is 11.9. The molecule has 3 rings (SSSR count). The number of rotatable bonds is 3. The number of carbonyl (C=O) groups is 1. The summed E-state index contributed by atoms with van der Waals surface area (Å²) in [6.45, 7) is 6.25. The number of nitrogens with zero attached hydrogens (tertiary/aromatic N) is 1. The molecule has 0 spiro atoms. The first-order valence-corrected chi connectivity index (χ1v) is 7.99. The fourth-order valence-corrected chi connectivity index (χ4v) is 3.29. The van der Waals surface area contributed by atoms with Crippen molar-refractivity contribution in [3.8, 4) is 0 Å². The number of piperidine rings is 1. The van der Waals surface area contributed by atoms with Crippen LogP contribution in [-0.4, -0.2) is 23.9 Å². The minimum atomic E-state index is -0.334. The number of hydrogen-bond donors (Lipinski definition) is 1. The summed E-state index contributed by atoms with van der Waals surface area (Å²) in [6.07, 6.45) is 1.80. The van der Waals surface area contributed by atoms with E-state index in [9.17, 15) is 9.59 Å². The van der Waals surface area contributed by atoms with Crippen LogP contribution in [0.25, 0.3) is 11.0 Å². The van der Waals surface area contributed by atoms with Crippen molar-refractivity contribution in [3.63, 3.8) is 0 Å². The number of benzene rings is 1. The number of carbonyl (C=O) groups excluding carboxylic acids is 1. The molecule has 0 radical (unpaired) electrons. The minimum Gasteiger partial charge on any atom is -0.423 e. The van der Waals surface area contributed by atoms with Gasteiger partial charge in [-0.3, -0.25) is 9.69 Å². The van der Waals surface area contributed by atoms with Gasteiger partial charge in [-0.1, -0.05) is 0 Å². The van der Waals surface area contributed by atoms with Gasteiger partial charge in [0.25, 0.3) is 0 Å². The molecule has 1 aliphatic heterocycles. The number of nitrogens with two attached hydrogens (primary N) is 1. The minimum absolute atomic E-state index is 0.0980. The molecule has 1 atom stereocenters. The van der Waals surface area contributed by atoms with E-state index >= 15 is 0 Å². The lowest BCUT2D eigenvalue weighted by Crippen LogP contribution is -2.40. The highest BCUT2D eigenvalue weighted by Gasteiger charge is 2.24. The maximum atomic E-state index is 11.9. The topological polar surface area (TPSA) is 76.5 Å². The number of fused-ring (bicyclic) bond motifs is 1. The summed E-state index contributed by atoms with van der Waals surface area (Å²) in [5.41, 5.74) is 8.95. The van der Waals surface area contributed by atoms with Crippen LogP contribution >= 0.6 is 0 Å². The molecule has 0 aliphatic carbocycles. The van der Waals surface area contributed by atoms with Crippen LogP contribution in [0.15, 0.2) is 27.4 Å². The van der Waals surface area contributed by atoms with Gasteiger partial charge in [-0.05, 0) is 62.1 Å². The van der Waals surface area contributed by atoms with Gasteiger partial charge in [-0.2, -0.15) is 0 Å². The van der Waals surface area contributed by atoms with Gasteiger partial charge in [0.15, 0.2) is 0 Å². The Balaban J connectivity index is 1.94. The first-order valence-electron chi connectivity index (χ1n) is 7.99. The zero-order valence-corrected chi connectivity index (χ0v) is 13.6. The lowest BCUT2D eigenvalue weighted by Gasteiger charge is -2.31. The van der Waals surface area contributed by atoms with Gasteiger partial charge >= 0.3 is 5.63 Å². The predicted molar refractivity (Wildman–Crippen MR) is 89.2 cm³/mol. The smallest absolute Gasteiger partial charge is 0.336 e. The molecular weight excluding hydrogens is 292 g/mol. The van der Waals surface area contributed by atoms with Crippen molar-refractivity contribution in [2.24, 2.45) is 11.7 Å². The van der Waals surface area contributed by atoms with Crippen molar-refractivity contribution in [1.82, 2.24) is 4.90 Å². The third-order valence-electron chi connectivity index (χ3n) is 4.75. The second-order valence-corrected chi connectivity index (χ2v) is 6.50. The quantitative estimate of drug-likeness (QED) is 0.880. The Morgan fingerprint density at radius 2 is 2.04 bits per heavy atom. The third kappa shape index (κ3) is 3.29. The molecular formula is C18H22N2O3. The van der Waals surface area contributed by atoms with Crippen LogP contribution in [0.3, 0.4) is 0 Å². The molecule has 5 heteroatoms. The number of amides is 1. The molecule has 1 aromatic carbocycles. The highest BCUT2D eigenvalue weighted by atomic mass is 16.4. The van der Waals surface area contributed by atoms with Crippen LogP contribution in [0, 0.1) is 19.8 Å². The van der Waals surface area contributed by atoms with E-state index in [0.29, 0.717) is 18.7 Å². The van der Waals surface area contributed by atoms with Crippen LogP contribution in [0.1, 0.15) is 29.5 Å². The Kier molecular flexibility index (Phi) is 4.22. The lowest BCUT2D eigenvalue weighted by molar-refractivity contribution is -0.123. The Morgan fingerprint density at radius 1 is 1.30 bits per heavy atom. The van der Waals surface area contributed by atoms with Crippen LogP contribution in [-0.2, 0) is 11.3 Å². The summed E-state index contributed by atoms with van der Waals surface area (Å²) < 4.78 is 5.34. The Labute approximate surface area is 135 Å². The standard InChI is InChI=1S/C18H22N2O3/c1-11-6-15-14(8-17(21)23-16(15)7-12(11)2)10-20-5-3-4-13(9-20)18(19)22/h6-8,13H,3-5,9-10H2,1-2H3,(H2,19,22)/t13-/m1/s1. The van der Waals surface area contributed by atoms with Crippen LogP contribution in [0.5, 0.6) is 0 Å². The van der Waals surface area contributed by atoms with E-state index in [-0.39, 0.29) is 17.5 Å². The normalized spacial score (nSPS) is 19.1. The van der Waals surface area contributed by atoms with Gasteiger partial charge in [-0.25, -0.2) is 4.79 Å². The molecule has 0 bridgehead atoms. The predicted octanol–water partition coefficient (Wildman–Crippen LogP) is 2.11. The van der Waals surface area contributed by atoms with Gasteiger partial charge in [-0.15, -0.1) is 0 Å². The molecule has 122 valence electrons. The molecule has 23 heavy (non-hydrogen) atoms. The molecule has 1 aromatic heterocycles. The van der Waals surface area contributed by atoms with Crippen molar-refractivity contribution in [2.75, 3.05) is 13.1 Å². The maximum Gasteiger partial charge on any atom is 0.336 e. The summed E-state index contributed by atoms with van der Waals surface area (Å²) in [5.74, 6) is -0.335. The van der Waals surface area contributed by atoms with Gasteiger partial charge in [0.05, 0.1) is 5.92 Å². The molecule has 0 saturated carbocycles. The van der Waals surface area contributed by atoms with Crippen molar-refractivity contribution >= 4 is 16.9 Å². The fourth-order valence-electron chi connectivity index (χ4n) is 3.29. The van der Waals surface area contributed by atoms with E-state index < -0.39 is 0 Å². The first kappa shape index (κ1) is 15.7. The molecule has 2 N–H and O–H groups in total.